The summed E-state index contributed by atoms with van der Waals surface area (Å²) in [4.78, 5) is 25.4. The Morgan fingerprint density at radius 1 is 1.19 bits per heavy atom. The second-order valence-corrected chi connectivity index (χ2v) is 5.58. The van der Waals surface area contributed by atoms with Crippen LogP contribution in [0.2, 0.25) is 0 Å². The van der Waals surface area contributed by atoms with E-state index in [4.69, 9.17) is 4.74 Å². The Morgan fingerprint density at radius 3 is 2.38 bits per heavy atom. The highest BCUT2D eigenvalue weighted by Crippen LogP contribution is 2.25. The summed E-state index contributed by atoms with van der Waals surface area (Å²) in [6, 6.07) is 7.48. The third-order valence-electron chi connectivity index (χ3n) is 3.70. The van der Waals surface area contributed by atoms with Gasteiger partial charge in [-0.15, -0.1) is 0 Å². The maximum Gasteiger partial charge on any atom is 0.309 e. The lowest BCUT2D eigenvalue weighted by molar-refractivity contribution is -0.151. The molecule has 1 amide bonds. The first-order valence-electron chi connectivity index (χ1n) is 7.30. The number of carbonyl (C=O) groups is 2. The van der Waals surface area contributed by atoms with Crippen LogP contribution in [0.3, 0.4) is 0 Å². The SMILES string of the molecule is CN(C)c1ccc(NC(=O)COC(=O)C2CCCC2)cc1. The molecule has 0 radical (unpaired) electrons. The molecule has 21 heavy (non-hydrogen) atoms. The molecule has 1 aliphatic carbocycles. The van der Waals surface area contributed by atoms with Crippen LogP contribution in [0.1, 0.15) is 25.7 Å². The van der Waals surface area contributed by atoms with Crippen molar-refractivity contribution >= 4 is 23.3 Å². The summed E-state index contributed by atoms with van der Waals surface area (Å²) >= 11 is 0. The van der Waals surface area contributed by atoms with Gasteiger partial charge in [0.1, 0.15) is 0 Å². The van der Waals surface area contributed by atoms with Crippen LogP contribution in [-0.2, 0) is 14.3 Å². The van der Waals surface area contributed by atoms with E-state index in [2.05, 4.69) is 5.32 Å². The first-order chi connectivity index (χ1) is 10.1. The van der Waals surface area contributed by atoms with Crippen molar-refractivity contribution in [1.29, 1.82) is 0 Å². The number of carbonyl (C=O) groups excluding carboxylic acids is 2. The minimum atomic E-state index is -0.307. The van der Waals surface area contributed by atoms with E-state index in [1.165, 1.54) is 0 Å². The van der Waals surface area contributed by atoms with Crippen molar-refractivity contribution in [2.24, 2.45) is 5.92 Å². The van der Waals surface area contributed by atoms with Gasteiger partial charge in [-0.25, -0.2) is 0 Å². The molecule has 1 N–H and O–H groups in total. The highest BCUT2D eigenvalue weighted by Gasteiger charge is 2.24. The molecule has 0 atom stereocenters. The maximum atomic E-state index is 11.8. The highest BCUT2D eigenvalue weighted by atomic mass is 16.5. The summed E-state index contributed by atoms with van der Waals surface area (Å²) in [5.41, 5.74) is 1.75. The molecule has 0 unspecified atom stereocenters. The summed E-state index contributed by atoms with van der Waals surface area (Å²) < 4.78 is 5.06. The van der Waals surface area contributed by atoms with Crippen molar-refractivity contribution in [3.8, 4) is 0 Å². The molecule has 5 nitrogen and oxygen atoms in total. The Labute approximate surface area is 125 Å². The van der Waals surface area contributed by atoms with Crippen LogP contribution in [0, 0.1) is 5.92 Å². The van der Waals surface area contributed by atoms with Crippen molar-refractivity contribution in [2.75, 3.05) is 30.9 Å². The zero-order valence-electron chi connectivity index (χ0n) is 12.6. The molecule has 0 aromatic heterocycles. The third kappa shape index (κ3) is 4.48. The van der Waals surface area contributed by atoms with Gasteiger partial charge in [0.15, 0.2) is 6.61 Å². The number of hydrogen-bond acceptors (Lipinski definition) is 4. The molecule has 1 saturated carbocycles. The lowest BCUT2D eigenvalue weighted by Gasteiger charge is -2.13. The summed E-state index contributed by atoms with van der Waals surface area (Å²) in [5.74, 6) is -0.568. The number of amides is 1. The van der Waals surface area contributed by atoms with Gasteiger partial charge in [0, 0.05) is 25.5 Å². The Kier molecular flexibility index (Phi) is 5.20. The largest absolute Gasteiger partial charge is 0.455 e. The fraction of sp³-hybridized carbons (Fsp3) is 0.500. The van der Waals surface area contributed by atoms with Crippen molar-refractivity contribution in [3.63, 3.8) is 0 Å². The quantitative estimate of drug-likeness (QED) is 0.846. The van der Waals surface area contributed by atoms with Crippen LogP contribution < -0.4 is 10.2 Å². The van der Waals surface area contributed by atoms with E-state index in [-0.39, 0.29) is 24.4 Å². The van der Waals surface area contributed by atoms with Gasteiger partial charge in [-0.2, -0.15) is 0 Å². The van der Waals surface area contributed by atoms with E-state index in [1.54, 1.807) is 0 Å². The number of hydrogen-bond donors (Lipinski definition) is 1. The Hall–Kier alpha value is -2.04. The third-order valence-corrected chi connectivity index (χ3v) is 3.70. The van der Waals surface area contributed by atoms with E-state index in [1.807, 2.05) is 43.3 Å². The predicted molar refractivity (Wildman–Crippen MR) is 82.3 cm³/mol. The predicted octanol–water partition coefficient (Wildman–Crippen LogP) is 2.42. The average molecular weight is 290 g/mol. The van der Waals surface area contributed by atoms with Crippen LogP contribution in [0.25, 0.3) is 0 Å². The molecule has 5 heteroatoms. The topological polar surface area (TPSA) is 58.6 Å². The van der Waals surface area contributed by atoms with Crippen molar-refractivity contribution in [2.45, 2.75) is 25.7 Å². The van der Waals surface area contributed by atoms with Gasteiger partial charge in [0.25, 0.3) is 5.91 Å². The minimum Gasteiger partial charge on any atom is -0.455 e. The Morgan fingerprint density at radius 2 is 1.81 bits per heavy atom. The van der Waals surface area contributed by atoms with E-state index in [9.17, 15) is 9.59 Å². The van der Waals surface area contributed by atoms with Gasteiger partial charge in [-0.1, -0.05) is 12.8 Å². The number of nitrogens with zero attached hydrogens (tertiary/aromatic N) is 1. The van der Waals surface area contributed by atoms with Crippen molar-refractivity contribution < 1.29 is 14.3 Å². The molecule has 0 heterocycles. The number of ether oxygens (including phenoxy) is 1. The van der Waals surface area contributed by atoms with Gasteiger partial charge in [-0.3, -0.25) is 9.59 Å². The molecule has 0 saturated heterocycles. The van der Waals surface area contributed by atoms with E-state index in [0.717, 1.165) is 31.4 Å². The maximum absolute atomic E-state index is 11.8. The number of rotatable bonds is 5. The number of anilines is 2. The summed E-state index contributed by atoms with van der Waals surface area (Å²) in [6.45, 7) is -0.217. The number of nitrogens with one attached hydrogen (secondary N) is 1. The summed E-state index contributed by atoms with van der Waals surface area (Å²) in [7, 11) is 3.91. The van der Waals surface area contributed by atoms with Gasteiger partial charge in [0.2, 0.25) is 0 Å². The monoisotopic (exact) mass is 290 g/mol. The standard InChI is InChI=1S/C16H22N2O3/c1-18(2)14-9-7-13(8-10-14)17-15(19)11-21-16(20)12-5-3-4-6-12/h7-10,12H,3-6,11H2,1-2H3,(H,17,19). The smallest absolute Gasteiger partial charge is 0.309 e. The van der Waals surface area contributed by atoms with Crippen molar-refractivity contribution in [1.82, 2.24) is 0 Å². The summed E-state index contributed by atoms with van der Waals surface area (Å²) in [5, 5.41) is 2.72. The van der Waals surface area contributed by atoms with Gasteiger partial charge in [0.05, 0.1) is 5.92 Å². The van der Waals surface area contributed by atoms with Crippen LogP contribution in [-0.4, -0.2) is 32.6 Å². The molecule has 1 aromatic rings. The number of benzene rings is 1. The van der Waals surface area contributed by atoms with Crippen LogP contribution in [0.5, 0.6) is 0 Å². The molecule has 1 aromatic carbocycles. The van der Waals surface area contributed by atoms with Crippen LogP contribution in [0.15, 0.2) is 24.3 Å². The molecule has 114 valence electrons. The lowest BCUT2D eigenvalue weighted by atomic mass is 10.1. The molecule has 1 fully saturated rings. The lowest BCUT2D eigenvalue weighted by Crippen LogP contribution is -2.23. The molecule has 0 spiro atoms. The Balaban J connectivity index is 1.77. The molecule has 2 rings (SSSR count). The van der Waals surface area contributed by atoms with Gasteiger partial charge >= 0.3 is 5.97 Å². The molecular formula is C16H22N2O3. The molecule has 1 aliphatic rings. The minimum absolute atomic E-state index is 0.0165. The highest BCUT2D eigenvalue weighted by molar-refractivity contribution is 5.93. The molecule has 0 bridgehead atoms. The van der Waals surface area contributed by atoms with E-state index < -0.39 is 0 Å². The van der Waals surface area contributed by atoms with Gasteiger partial charge < -0.3 is 15.0 Å². The van der Waals surface area contributed by atoms with E-state index >= 15 is 0 Å². The fourth-order valence-corrected chi connectivity index (χ4v) is 2.46. The first kappa shape index (κ1) is 15.4. The normalized spacial score (nSPS) is 14.8. The Bertz CT molecular complexity index is 491. The fourth-order valence-electron chi connectivity index (χ4n) is 2.46. The van der Waals surface area contributed by atoms with E-state index in [0.29, 0.717) is 5.69 Å². The van der Waals surface area contributed by atoms with Crippen molar-refractivity contribution in [3.05, 3.63) is 24.3 Å². The molecule has 0 aliphatic heterocycles. The van der Waals surface area contributed by atoms with Crippen LogP contribution >= 0.6 is 0 Å². The van der Waals surface area contributed by atoms with Gasteiger partial charge in [-0.05, 0) is 37.1 Å². The molecular weight excluding hydrogens is 268 g/mol. The second kappa shape index (κ2) is 7.11. The first-order valence-corrected chi connectivity index (χ1v) is 7.30. The zero-order valence-corrected chi connectivity index (χ0v) is 12.6. The number of esters is 1. The second-order valence-electron chi connectivity index (χ2n) is 5.58. The zero-order chi connectivity index (χ0) is 15.2. The summed E-state index contributed by atoms with van der Waals surface area (Å²) in [6.07, 6.45) is 3.91. The van der Waals surface area contributed by atoms with Crippen LogP contribution in [0.4, 0.5) is 11.4 Å². The average Bonchev–Trinajstić information content (AvgIpc) is 2.99.